The number of thioether (sulfide) groups is 2. The molecule has 2 aliphatic heterocycles. The van der Waals surface area contributed by atoms with E-state index in [-0.39, 0.29) is 11.7 Å². The van der Waals surface area contributed by atoms with E-state index in [1.807, 2.05) is 18.7 Å². The van der Waals surface area contributed by atoms with Gasteiger partial charge in [0.1, 0.15) is 17.6 Å². The predicted octanol–water partition coefficient (Wildman–Crippen LogP) is 2.79. The van der Waals surface area contributed by atoms with Crippen molar-refractivity contribution in [1.29, 1.82) is 0 Å². The van der Waals surface area contributed by atoms with Crippen LogP contribution in [0.15, 0.2) is 0 Å². The van der Waals surface area contributed by atoms with Crippen molar-refractivity contribution >= 4 is 23.5 Å². The second-order valence-electron chi connectivity index (χ2n) is 6.39. The molecule has 0 saturated carbocycles. The normalized spacial score (nSPS) is 23.8. The molecule has 0 aromatic heterocycles. The predicted molar refractivity (Wildman–Crippen MR) is 106 cm³/mol. The lowest BCUT2D eigenvalue weighted by Crippen LogP contribution is -2.19. The second-order valence-corrected chi connectivity index (χ2v) is 9.02. The van der Waals surface area contributed by atoms with Gasteiger partial charge in [-0.15, -0.1) is 11.8 Å². The summed E-state index contributed by atoms with van der Waals surface area (Å²) in [5, 5.41) is 0. The first-order chi connectivity index (χ1) is 12.7. The molecule has 0 N–H and O–H groups in total. The molecule has 0 amide bonds. The van der Waals surface area contributed by atoms with Crippen molar-refractivity contribution in [2.75, 3.05) is 63.5 Å². The van der Waals surface area contributed by atoms with Crippen LogP contribution in [0.2, 0.25) is 0 Å². The maximum atomic E-state index is 5.83. The Kier molecular flexibility index (Phi) is 12.6. The van der Waals surface area contributed by atoms with E-state index in [2.05, 4.69) is 6.92 Å². The number of rotatable bonds is 19. The van der Waals surface area contributed by atoms with E-state index >= 15 is 0 Å². The van der Waals surface area contributed by atoms with Gasteiger partial charge in [0.05, 0.1) is 33.0 Å². The third-order valence-electron chi connectivity index (χ3n) is 3.74. The van der Waals surface area contributed by atoms with Crippen molar-refractivity contribution in [3.8, 4) is 0 Å². The van der Waals surface area contributed by atoms with Gasteiger partial charge in [-0.2, -0.15) is 11.8 Å². The summed E-state index contributed by atoms with van der Waals surface area (Å²) in [6.45, 7) is 9.60. The van der Waals surface area contributed by atoms with Crippen LogP contribution in [0, 0.1) is 0 Å². The third-order valence-corrected chi connectivity index (χ3v) is 5.88. The smallest absolute Gasteiger partial charge is 0.156 e. The molecular weight excluding hydrogens is 376 g/mol. The molecule has 0 spiro atoms. The van der Waals surface area contributed by atoms with E-state index in [0.717, 1.165) is 76.3 Å². The van der Waals surface area contributed by atoms with Gasteiger partial charge in [0.25, 0.3) is 0 Å². The van der Waals surface area contributed by atoms with Crippen LogP contribution < -0.4 is 0 Å². The Morgan fingerprint density at radius 3 is 2.12 bits per heavy atom. The van der Waals surface area contributed by atoms with Gasteiger partial charge < -0.3 is 28.4 Å². The molecule has 0 radical (unpaired) electrons. The standard InChI is InChI=1S/C18H34O6S2/c1-15(21-7-10-25-8-3-5-19-11-17-13-22-17)24-16(2)26-9-4-6-20-12-18-14-23-18/h15-18H,3-14H2,1-2H3. The zero-order valence-corrected chi connectivity index (χ0v) is 17.7. The Bertz CT molecular complexity index is 342. The van der Waals surface area contributed by atoms with Gasteiger partial charge >= 0.3 is 0 Å². The van der Waals surface area contributed by atoms with Gasteiger partial charge in [-0.1, -0.05) is 0 Å². The van der Waals surface area contributed by atoms with Crippen molar-refractivity contribution in [2.24, 2.45) is 0 Å². The molecule has 0 aliphatic carbocycles. The summed E-state index contributed by atoms with van der Waals surface area (Å²) < 4.78 is 32.8. The second kappa shape index (κ2) is 14.5. The van der Waals surface area contributed by atoms with Gasteiger partial charge in [0.15, 0.2) is 6.29 Å². The zero-order chi connectivity index (χ0) is 18.5. The maximum Gasteiger partial charge on any atom is 0.156 e. The van der Waals surface area contributed by atoms with Gasteiger partial charge in [0, 0.05) is 19.0 Å². The Morgan fingerprint density at radius 1 is 0.885 bits per heavy atom. The average Bonchev–Trinajstić information content (AvgIpc) is 3.51. The highest BCUT2D eigenvalue weighted by atomic mass is 32.2. The minimum atomic E-state index is -0.164. The summed E-state index contributed by atoms with van der Waals surface area (Å²) in [6, 6.07) is 0. The summed E-state index contributed by atoms with van der Waals surface area (Å²) >= 11 is 3.70. The molecule has 2 fully saturated rings. The van der Waals surface area contributed by atoms with Crippen LogP contribution >= 0.6 is 23.5 Å². The fourth-order valence-electron chi connectivity index (χ4n) is 2.15. The lowest BCUT2D eigenvalue weighted by Gasteiger charge is -2.19. The highest BCUT2D eigenvalue weighted by Gasteiger charge is 2.22. The molecule has 2 saturated heterocycles. The van der Waals surface area contributed by atoms with Gasteiger partial charge in [-0.3, -0.25) is 0 Å². The first-order valence-corrected chi connectivity index (χ1v) is 11.8. The molecule has 4 unspecified atom stereocenters. The first-order valence-electron chi connectivity index (χ1n) is 9.59. The largest absolute Gasteiger partial charge is 0.379 e. The summed E-state index contributed by atoms with van der Waals surface area (Å²) in [5.41, 5.74) is 0.136. The molecule has 0 bridgehead atoms. The van der Waals surface area contributed by atoms with Gasteiger partial charge in [-0.25, -0.2) is 0 Å². The fraction of sp³-hybridized carbons (Fsp3) is 1.00. The minimum Gasteiger partial charge on any atom is -0.379 e. The van der Waals surface area contributed by atoms with E-state index in [4.69, 9.17) is 28.4 Å². The van der Waals surface area contributed by atoms with E-state index in [1.165, 1.54) is 0 Å². The summed E-state index contributed by atoms with van der Waals surface area (Å²) in [7, 11) is 0. The van der Waals surface area contributed by atoms with Crippen LogP contribution in [-0.4, -0.2) is 87.4 Å². The monoisotopic (exact) mass is 410 g/mol. The molecule has 0 aromatic rings. The Hall–Kier alpha value is 0.460. The van der Waals surface area contributed by atoms with Crippen molar-refractivity contribution in [3.05, 3.63) is 0 Å². The molecule has 154 valence electrons. The van der Waals surface area contributed by atoms with Crippen molar-refractivity contribution in [3.63, 3.8) is 0 Å². The van der Waals surface area contributed by atoms with E-state index in [9.17, 15) is 0 Å². The summed E-state index contributed by atoms with van der Waals surface area (Å²) in [6.07, 6.45) is 2.68. The summed E-state index contributed by atoms with van der Waals surface area (Å²) in [4.78, 5) is 0. The molecular formula is C18H34O6S2. The topological polar surface area (TPSA) is 62.0 Å². The first kappa shape index (κ1) is 22.7. The van der Waals surface area contributed by atoms with E-state index < -0.39 is 0 Å². The summed E-state index contributed by atoms with van der Waals surface area (Å²) in [5.74, 6) is 3.12. The highest BCUT2D eigenvalue weighted by Crippen LogP contribution is 2.16. The SMILES string of the molecule is CC(OCCSCCCOCC1CO1)OC(C)SCCCOCC1CO1. The van der Waals surface area contributed by atoms with Crippen LogP contribution in [-0.2, 0) is 28.4 Å². The maximum absolute atomic E-state index is 5.83. The molecule has 2 rings (SSSR count). The lowest BCUT2D eigenvalue weighted by molar-refractivity contribution is -0.131. The van der Waals surface area contributed by atoms with Crippen LogP contribution in [0.25, 0.3) is 0 Å². The van der Waals surface area contributed by atoms with Crippen LogP contribution in [0.4, 0.5) is 0 Å². The zero-order valence-electron chi connectivity index (χ0n) is 16.1. The number of ether oxygens (including phenoxy) is 6. The van der Waals surface area contributed by atoms with Gasteiger partial charge in [0.2, 0.25) is 0 Å². The highest BCUT2D eigenvalue weighted by molar-refractivity contribution is 7.99. The van der Waals surface area contributed by atoms with E-state index in [1.54, 1.807) is 11.8 Å². The number of hydrogen-bond acceptors (Lipinski definition) is 8. The number of hydrogen-bond donors (Lipinski definition) is 0. The molecule has 0 aromatic carbocycles. The number of epoxide rings is 2. The Labute approximate surface area is 166 Å². The molecule has 6 nitrogen and oxygen atoms in total. The van der Waals surface area contributed by atoms with Gasteiger partial charge in [-0.05, 0) is 38.2 Å². The van der Waals surface area contributed by atoms with Crippen molar-refractivity contribution in [1.82, 2.24) is 0 Å². The van der Waals surface area contributed by atoms with Crippen molar-refractivity contribution in [2.45, 2.75) is 50.6 Å². The minimum absolute atomic E-state index is 0.136. The Balaban J connectivity index is 1.27. The van der Waals surface area contributed by atoms with Crippen LogP contribution in [0.1, 0.15) is 26.7 Å². The third kappa shape index (κ3) is 13.6. The molecule has 8 heteroatoms. The quantitative estimate of drug-likeness (QED) is 0.183. The molecule has 2 aliphatic rings. The average molecular weight is 411 g/mol. The van der Waals surface area contributed by atoms with E-state index in [0.29, 0.717) is 12.2 Å². The van der Waals surface area contributed by atoms with Crippen LogP contribution in [0.3, 0.4) is 0 Å². The molecule has 26 heavy (non-hydrogen) atoms. The Morgan fingerprint density at radius 2 is 1.50 bits per heavy atom. The van der Waals surface area contributed by atoms with Crippen molar-refractivity contribution < 1.29 is 28.4 Å². The van der Waals surface area contributed by atoms with Crippen LogP contribution in [0.5, 0.6) is 0 Å². The fourth-order valence-corrected chi connectivity index (χ4v) is 3.75. The molecule has 2 heterocycles. The molecule has 4 atom stereocenters. The lowest BCUT2D eigenvalue weighted by atomic mass is 10.5.